The molecule has 15 heavy (non-hydrogen) atoms. The molecule has 0 aromatic rings. The molecule has 0 spiro atoms. The average molecular weight is 230 g/mol. The van der Waals surface area contributed by atoms with E-state index in [1.54, 1.807) is 0 Å². The van der Waals surface area contributed by atoms with Gasteiger partial charge in [-0.2, -0.15) is 0 Å². The van der Waals surface area contributed by atoms with Gasteiger partial charge in [-0.1, -0.05) is 6.42 Å². The van der Waals surface area contributed by atoms with Crippen molar-refractivity contribution >= 4 is 9.84 Å². The Bertz CT molecular complexity index is 364. The van der Waals surface area contributed by atoms with Gasteiger partial charge in [-0.05, 0) is 19.3 Å². The molecule has 5 heteroatoms. The Kier molecular flexibility index (Phi) is 2.13. The summed E-state index contributed by atoms with van der Waals surface area (Å²) in [4.78, 5) is 2.43. The minimum atomic E-state index is -2.82. The highest BCUT2D eigenvalue weighted by Crippen LogP contribution is 2.42. The summed E-state index contributed by atoms with van der Waals surface area (Å²) in [6.45, 7) is 0.497. The van der Waals surface area contributed by atoms with E-state index in [0.717, 1.165) is 6.42 Å². The first-order valence-electron chi connectivity index (χ1n) is 5.82. The van der Waals surface area contributed by atoms with Gasteiger partial charge in [0.1, 0.15) is 0 Å². The minimum absolute atomic E-state index is 0.110. The predicted octanol–water partition coefficient (Wildman–Crippen LogP) is -0.262. The van der Waals surface area contributed by atoms with E-state index in [1.807, 2.05) is 0 Å². The third-order valence-electron chi connectivity index (χ3n) is 4.36. The normalized spacial score (nSPS) is 44.5. The Morgan fingerprint density at radius 3 is 2.53 bits per heavy atom. The number of sulfone groups is 1. The van der Waals surface area contributed by atoms with Crippen LogP contribution in [0.5, 0.6) is 0 Å². The molecule has 3 aliphatic rings. The number of fused-ring (bicyclic) bond motifs is 2. The van der Waals surface area contributed by atoms with Gasteiger partial charge in [0.05, 0.1) is 11.0 Å². The Labute approximate surface area is 90.7 Å². The maximum absolute atomic E-state index is 11.8. The fourth-order valence-electron chi connectivity index (χ4n) is 3.47. The molecule has 3 fully saturated rings. The van der Waals surface area contributed by atoms with Crippen LogP contribution in [0.25, 0.3) is 0 Å². The predicted molar refractivity (Wildman–Crippen MR) is 58.3 cm³/mol. The fraction of sp³-hybridized carbons (Fsp3) is 1.00. The van der Waals surface area contributed by atoms with Crippen molar-refractivity contribution in [3.05, 3.63) is 0 Å². The van der Waals surface area contributed by atoms with Gasteiger partial charge in [0.25, 0.3) is 0 Å². The molecule has 2 aliphatic heterocycles. The van der Waals surface area contributed by atoms with Crippen molar-refractivity contribution in [3.63, 3.8) is 0 Å². The second-order valence-electron chi connectivity index (χ2n) is 5.09. The molecule has 1 aliphatic carbocycles. The van der Waals surface area contributed by atoms with Crippen LogP contribution in [0.2, 0.25) is 0 Å². The number of hydrogen-bond donors (Lipinski definition) is 1. The van der Waals surface area contributed by atoms with E-state index in [9.17, 15) is 8.42 Å². The molecule has 2 N–H and O–H groups in total. The smallest absolute Gasteiger partial charge is 0.156 e. The molecule has 3 unspecified atom stereocenters. The number of nitrogens with two attached hydrogens (primary N) is 1. The second-order valence-corrected chi connectivity index (χ2v) is 7.36. The highest BCUT2D eigenvalue weighted by atomic mass is 32.2. The number of nitrogens with zero attached hydrogens (tertiary/aromatic N) is 1. The SMILES string of the molecule is NCC1C2CC(CS2(=O)=O)N1C1CCC1. The highest BCUT2D eigenvalue weighted by molar-refractivity contribution is 7.92. The first kappa shape index (κ1) is 10.1. The summed E-state index contributed by atoms with van der Waals surface area (Å²) in [6.07, 6.45) is 4.60. The van der Waals surface area contributed by atoms with E-state index in [2.05, 4.69) is 4.90 Å². The second kappa shape index (κ2) is 3.18. The van der Waals surface area contributed by atoms with Crippen LogP contribution < -0.4 is 5.73 Å². The lowest BCUT2D eigenvalue weighted by Crippen LogP contribution is -2.57. The quantitative estimate of drug-likeness (QED) is 0.710. The van der Waals surface area contributed by atoms with Crippen LogP contribution >= 0.6 is 0 Å². The highest BCUT2D eigenvalue weighted by Gasteiger charge is 2.56. The van der Waals surface area contributed by atoms with Gasteiger partial charge in [0.15, 0.2) is 9.84 Å². The van der Waals surface area contributed by atoms with Crippen molar-refractivity contribution in [2.75, 3.05) is 12.3 Å². The minimum Gasteiger partial charge on any atom is -0.329 e. The van der Waals surface area contributed by atoms with Crippen LogP contribution in [0, 0.1) is 0 Å². The number of rotatable bonds is 2. The Morgan fingerprint density at radius 1 is 1.27 bits per heavy atom. The summed E-state index contributed by atoms with van der Waals surface area (Å²) in [5, 5.41) is -0.159. The van der Waals surface area contributed by atoms with Gasteiger partial charge in [-0.25, -0.2) is 8.42 Å². The molecule has 0 amide bonds. The first-order chi connectivity index (χ1) is 7.13. The van der Waals surface area contributed by atoms with Crippen molar-refractivity contribution in [1.82, 2.24) is 4.90 Å². The van der Waals surface area contributed by atoms with Crippen molar-refractivity contribution < 1.29 is 8.42 Å². The lowest BCUT2D eigenvalue weighted by Gasteiger charge is -2.44. The summed E-state index contributed by atoms with van der Waals surface area (Å²) >= 11 is 0. The molecule has 2 saturated heterocycles. The van der Waals surface area contributed by atoms with Crippen LogP contribution in [0.4, 0.5) is 0 Å². The summed E-state index contributed by atoms with van der Waals surface area (Å²) in [5.74, 6) is 0.380. The Hall–Kier alpha value is -0.130. The lowest BCUT2D eigenvalue weighted by atomic mass is 9.90. The number of hydrogen-bond acceptors (Lipinski definition) is 4. The van der Waals surface area contributed by atoms with E-state index in [0.29, 0.717) is 18.3 Å². The van der Waals surface area contributed by atoms with Crippen molar-refractivity contribution in [2.45, 2.75) is 49.1 Å². The Morgan fingerprint density at radius 2 is 2.00 bits per heavy atom. The first-order valence-corrected chi connectivity index (χ1v) is 7.54. The number of likely N-dealkylation sites (tertiary alicyclic amines) is 1. The van der Waals surface area contributed by atoms with E-state index < -0.39 is 9.84 Å². The monoisotopic (exact) mass is 230 g/mol. The van der Waals surface area contributed by atoms with E-state index in [4.69, 9.17) is 5.73 Å². The largest absolute Gasteiger partial charge is 0.329 e. The summed E-state index contributed by atoms with van der Waals surface area (Å²) in [6, 6.07) is 1.02. The van der Waals surface area contributed by atoms with Gasteiger partial charge >= 0.3 is 0 Å². The third-order valence-corrected chi connectivity index (χ3v) is 6.64. The van der Waals surface area contributed by atoms with Gasteiger partial charge in [-0.15, -0.1) is 0 Å². The summed E-state index contributed by atoms with van der Waals surface area (Å²) < 4.78 is 23.6. The third kappa shape index (κ3) is 1.29. The molecular weight excluding hydrogens is 212 g/mol. The lowest BCUT2D eigenvalue weighted by molar-refractivity contribution is 0.0811. The van der Waals surface area contributed by atoms with Crippen LogP contribution in [-0.4, -0.2) is 49.0 Å². The maximum Gasteiger partial charge on any atom is 0.156 e. The van der Waals surface area contributed by atoms with E-state index >= 15 is 0 Å². The molecule has 86 valence electrons. The van der Waals surface area contributed by atoms with E-state index in [1.165, 1.54) is 19.3 Å². The van der Waals surface area contributed by atoms with Crippen molar-refractivity contribution in [3.8, 4) is 0 Å². The van der Waals surface area contributed by atoms with Gasteiger partial charge in [-0.3, -0.25) is 4.90 Å². The van der Waals surface area contributed by atoms with E-state index in [-0.39, 0.29) is 17.3 Å². The zero-order chi connectivity index (χ0) is 10.6. The molecule has 3 atom stereocenters. The molecule has 4 nitrogen and oxygen atoms in total. The molecule has 3 rings (SSSR count). The molecule has 2 heterocycles. The molecular formula is C10H18N2O2S. The molecule has 0 radical (unpaired) electrons. The maximum atomic E-state index is 11.8. The van der Waals surface area contributed by atoms with Gasteiger partial charge in [0, 0.05) is 24.7 Å². The van der Waals surface area contributed by atoms with Crippen LogP contribution in [-0.2, 0) is 9.84 Å². The van der Waals surface area contributed by atoms with Crippen LogP contribution in [0.1, 0.15) is 25.7 Å². The molecule has 1 saturated carbocycles. The fourth-order valence-corrected chi connectivity index (χ4v) is 5.81. The van der Waals surface area contributed by atoms with Gasteiger partial charge < -0.3 is 5.73 Å². The molecule has 2 bridgehead atoms. The van der Waals surface area contributed by atoms with Crippen molar-refractivity contribution in [2.24, 2.45) is 5.73 Å². The zero-order valence-electron chi connectivity index (χ0n) is 8.80. The summed E-state index contributed by atoms with van der Waals surface area (Å²) in [5.41, 5.74) is 5.74. The van der Waals surface area contributed by atoms with Crippen molar-refractivity contribution in [1.29, 1.82) is 0 Å². The van der Waals surface area contributed by atoms with Crippen LogP contribution in [0.3, 0.4) is 0 Å². The Balaban J connectivity index is 1.87. The topological polar surface area (TPSA) is 63.4 Å². The zero-order valence-corrected chi connectivity index (χ0v) is 9.62. The molecule has 0 aromatic heterocycles. The van der Waals surface area contributed by atoms with Crippen LogP contribution in [0.15, 0.2) is 0 Å². The molecule has 0 aromatic carbocycles. The summed E-state index contributed by atoms with van der Waals surface area (Å²) in [7, 11) is -2.82. The standard InChI is InChI=1S/C10H18N2O2S/c11-5-9-10-4-8(6-15(10,13)14)12(9)7-2-1-3-7/h7-10H,1-6,11H2. The van der Waals surface area contributed by atoms with Gasteiger partial charge in [0.2, 0.25) is 0 Å². The average Bonchev–Trinajstić information content (AvgIpc) is 2.55.